The normalized spacial score (nSPS) is 20.8. The molecule has 15 heteroatoms. The monoisotopic (exact) mass is 453 g/mol. The van der Waals surface area contributed by atoms with Gasteiger partial charge >= 0.3 is 6.16 Å². The molecule has 2 aromatic heterocycles. The SMILES string of the molecule is Cc1nc2nc(C(=O)NO)cc(SCC3=C(OC(=O)O)N4C(=O)[C@@H](N)[C@H]4SC3)n2n1. The molecule has 0 unspecified atom stereocenters. The molecular formula is C15H15N7O6S2. The standard InChI is InChI=1S/C15H15N7O6S2/c1-5-17-14-18-7(10(23)20-27)2-8(22(14)19-5)29-3-6-4-30-13-9(16)11(24)21(13)12(6)28-15(25)26/h2,9,13,27H,3-4,16H2,1H3,(H,20,23)(H,25,26)/t9-,13-/m1/s1. The van der Waals surface area contributed by atoms with Crippen molar-refractivity contribution in [3.8, 4) is 0 Å². The van der Waals surface area contributed by atoms with E-state index in [2.05, 4.69) is 15.1 Å². The molecule has 0 spiro atoms. The number of fused-ring (bicyclic) bond motifs is 2. The van der Waals surface area contributed by atoms with Crippen LogP contribution in [0, 0.1) is 6.92 Å². The molecule has 2 aliphatic rings. The number of rotatable bonds is 5. The van der Waals surface area contributed by atoms with Crippen LogP contribution in [0.15, 0.2) is 22.5 Å². The first kappa shape index (κ1) is 20.4. The first-order chi connectivity index (χ1) is 14.3. The highest BCUT2D eigenvalue weighted by Crippen LogP contribution is 2.41. The van der Waals surface area contributed by atoms with Crippen LogP contribution >= 0.6 is 23.5 Å². The predicted molar refractivity (Wildman–Crippen MR) is 103 cm³/mol. The number of carboxylic acid groups (broad SMARTS) is 1. The second-order valence-electron chi connectivity index (χ2n) is 6.29. The molecule has 5 N–H and O–H groups in total. The summed E-state index contributed by atoms with van der Waals surface area (Å²) < 4.78 is 6.32. The minimum Gasteiger partial charge on any atom is -0.449 e. The highest BCUT2D eigenvalue weighted by molar-refractivity contribution is 8.01. The van der Waals surface area contributed by atoms with E-state index in [4.69, 9.17) is 20.8 Å². The van der Waals surface area contributed by atoms with Crippen LogP contribution in [0.25, 0.3) is 5.78 Å². The highest BCUT2D eigenvalue weighted by atomic mass is 32.2. The van der Waals surface area contributed by atoms with Gasteiger partial charge in [0, 0.05) is 23.1 Å². The Morgan fingerprint density at radius 1 is 1.47 bits per heavy atom. The van der Waals surface area contributed by atoms with Gasteiger partial charge in [0.05, 0.1) is 0 Å². The Bertz CT molecular complexity index is 1100. The van der Waals surface area contributed by atoms with Gasteiger partial charge in [-0.2, -0.15) is 9.50 Å². The van der Waals surface area contributed by atoms with Crippen LogP contribution in [0.4, 0.5) is 4.79 Å². The summed E-state index contributed by atoms with van der Waals surface area (Å²) in [5.74, 6) is -0.0353. The molecule has 158 valence electrons. The second kappa shape index (κ2) is 7.75. The Hall–Kier alpha value is -2.88. The van der Waals surface area contributed by atoms with Crippen LogP contribution in [0.5, 0.6) is 0 Å². The smallest absolute Gasteiger partial charge is 0.449 e. The number of amides is 2. The molecule has 0 saturated carbocycles. The van der Waals surface area contributed by atoms with Crippen LogP contribution < -0.4 is 11.2 Å². The molecule has 2 atom stereocenters. The third-order valence-electron chi connectivity index (χ3n) is 4.33. The number of thioether (sulfide) groups is 2. The Labute approximate surface area is 176 Å². The number of β-lactam (4-membered cyclic amide) rings is 1. The molecule has 0 aliphatic carbocycles. The molecule has 2 aliphatic heterocycles. The van der Waals surface area contributed by atoms with Crippen molar-refractivity contribution < 1.29 is 29.4 Å². The van der Waals surface area contributed by atoms with E-state index >= 15 is 0 Å². The van der Waals surface area contributed by atoms with Gasteiger partial charge in [0.25, 0.3) is 11.7 Å². The molecule has 4 heterocycles. The van der Waals surface area contributed by atoms with E-state index < -0.39 is 24.0 Å². The van der Waals surface area contributed by atoms with Gasteiger partial charge in [0.1, 0.15) is 28.0 Å². The predicted octanol–water partition coefficient (Wildman–Crippen LogP) is -0.208. The Morgan fingerprint density at radius 3 is 2.93 bits per heavy atom. The summed E-state index contributed by atoms with van der Waals surface area (Å²) in [4.78, 5) is 44.5. The van der Waals surface area contributed by atoms with Crippen LogP contribution in [0.3, 0.4) is 0 Å². The summed E-state index contributed by atoms with van der Waals surface area (Å²) in [6.45, 7) is 1.66. The molecule has 2 aromatic rings. The average molecular weight is 453 g/mol. The molecule has 0 aromatic carbocycles. The minimum atomic E-state index is -1.54. The summed E-state index contributed by atoms with van der Waals surface area (Å²) in [7, 11) is 0. The summed E-state index contributed by atoms with van der Waals surface area (Å²) in [5.41, 5.74) is 7.79. The zero-order chi connectivity index (χ0) is 21.6. The first-order valence-electron chi connectivity index (χ1n) is 8.45. The number of hydrogen-bond acceptors (Lipinski definition) is 11. The zero-order valence-electron chi connectivity index (χ0n) is 15.3. The number of hydroxylamine groups is 1. The maximum Gasteiger partial charge on any atom is 0.512 e. The lowest BCUT2D eigenvalue weighted by Crippen LogP contribution is -2.68. The molecule has 13 nitrogen and oxygen atoms in total. The zero-order valence-corrected chi connectivity index (χ0v) is 16.9. The van der Waals surface area contributed by atoms with Gasteiger partial charge in [0.2, 0.25) is 11.8 Å². The third kappa shape index (κ3) is 3.45. The number of nitrogens with one attached hydrogen (secondary N) is 1. The fourth-order valence-electron chi connectivity index (χ4n) is 2.99. The molecule has 30 heavy (non-hydrogen) atoms. The molecular weight excluding hydrogens is 438 g/mol. The van der Waals surface area contributed by atoms with Crippen molar-refractivity contribution in [1.29, 1.82) is 0 Å². The lowest BCUT2D eigenvalue weighted by molar-refractivity contribution is -0.144. The lowest BCUT2D eigenvalue weighted by Gasteiger charge is -2.47. The molecule has 0 bridgehead atoms. The van der Waals surface area contributed by atoms with Gasteiger partial charge < -0.3 is 15.6 Å². The van der Waals surface area contributed by atoms with Gasteiger partial charge in [-0.15, -0.1) is 28.6 Å². The van der Waals surface area contributed by atoms with Crippen molar-refractivity contribution in [1.82, 2.24) is 30.0 Å². The van der Waals surface area contributed by atoms with Gasteiger partial charge in [-0.25, -0.2) is 15.3 Å². The summed E-state index contributed by atoms with van der Waals surface area (Å²) >= 11 is 2.63. The van der Waals surface area contributed by atoms with Crippen molar-refractivity contribution in [2.75, 3.05) is 11.5 Å². The summed E-state index contributed by atoms with van der Waals surface area (Å²) in [5, 5.41) is 22.3. The molecule has 2 amide bonds. The number of nitrogens with two attached hydrogens (primary N) is 1. The third-order valence-corrected chi connectivity index (χ3v) is 6.77. The van der Waals surface area contributed by atoms with Crippen molar-refractivity contribution in [2.45, 2.75) is 23.4 Å². The van der Waals surface area contributed by atoms with Crippen LogP contribution in [-0.2, 0) is 9.53 Å². The van der Waals surface area contributed by atoms with E-state index in [0.29, 0.717) is 22.2 Å². The number of ether oxygens (including phenoxy) is 1. The van der Waals surface area contributed by atoms with E-state index in [1.807, 2.05) is 0 Å². The Morgan fingerprint density at radius 2 is 2.23 bits per heavy atom. The number of carbonyl (C=O) groups excluding carboxylic acids is 2. The Balaban J connectivity index is 1.66. The van der Waals surface area contributed by atoms with Gasteiger partial charge in [0.15, 0.2) is 0 Å². The van der Waals surface area contributed by atoms with Crippen LogP contribution in [0.2, 0.25) is 0 Å². The second-order valence-corrected chi connectivity index (χ2v) is 8.39. The van der Waals surface area contributed by atoms with Gasteiger partial charge in [-0.1, -0.05) is 0 Å². The van der Waals surface area contributed by atoms with Crippen LogP contribution in [0.1, 0.15) is 16.3 Å². The Kier molecular flexibility index (Phi) is 5.27. The average Bonchev–Trinajstić information content (AvgIpc) is 3.10. The molecule has 4 rings (SSSR count). The topological polar surface area (TPSA) is 185 Å². The number of hydrogen-bond donors (Lipinski definition) is 4. The van der Waals surface area contributed by atoms with Crippen molar-refractivity contribution in [2.24, 2.45) is 5.73 Å². The maximum atomic E-state index is 12.1. The maximum absolute atomic E-state index is 12.1. The summed E-state index contributed by atoms with van der Waals surface area (Å²) in [6.07, 6.45) is -1.54. The summed E-state index contributed by atoms with van der Waals surface area (Å²) in [6, 6.07) is 0.716. The number of nitrogens with zero attached hydrogens (tertiary/aromatic N) is 5. The lowest BCUT2D eigenvalue weighted by atomic mass is 10.1. The van der Waals surface area contributed by atoms with E-state index in [9.17, 15) is 14.4 Å². The molecule has 1 fully saturated rings. The minimum absolute atomic E-state index is 0.0427. The van der Waals surface area contributed by atoms with Crippen molar-refractivity contribution >= 4 is 47.3 Å². The quantitative estimate of drug-likeness (QED) is 0.117. The molecule has 1 saturated heterocycles. The largest absolute Gasteiger partial charge is 0.512 e. The van der Waals surface area contributed by atoms with Crippen molar-refractivity contribution in [3.05, 3.63) is 29.0 Å². The molecule has 0 radical (unpaired) electrons. The number of aryl methyl sites for hydroxylation is 1. The van der Waals surface area contributed by atoms with Crippen LogP contribution in [-0.4, -0.2) is 75.7 Å². The van der Waals surface area contributed by atoms with Crippen molar-refractivity contribution in [3.63, 3.8) is 0 Å². The number of aromatic nitrogens is 4. The highest BCUT2D eigenvalue weighted by Gasteiger charge is 2.51. The van der Waals surface area contributed by atoms with Gasteiger partial charge in [-0.3, -0.25) is 19.7 Å². The van der Waals surface area contributed by atoms with E-state index in [1.54, 1.807) is 6.92 Å². The first-order valence-corrected chi connectivity index (χ1v) is 10.5. The number of carbonyl (C=O) groups is 3. The fourth-order valence-corrected chi connectivity index (χ4v) is 5.37. The van der Waals surface area contributed by atoms with E-state index in [0.717, 1.165) is 0 Å². The fraction of sp³-hybridized carbons (Fsp3) is 0.333. The van der Waals surface area contributed by atoms with Gasteiger partial charge in [-0.05, 0) is 6.92 Å². The van der Waals surface area contributed by atoms with E-state index in [-0.39, 0.29) is 28.5 Å². The van der Waals surface area contributed by atoms with E-state index in [1.165, 1.54) is 44.5 Å².